The molecule has 0 aliphatic rings. The highest BCUT2D eigenvalue weighted by atomic mass is 35.5. The van der Waals surface area contributed by atoms with Gasteiger partial charge in [-0.15, -0.1) is 0 Å². The summed E-state index contributed by atoms with van der Waals surface area (Å²) in [5.41, 5.74) is 5.21. The summed E-state index contributed by atoms with van der Waals surface area (Å²) in [5.74, 6) is 0.473. The summed E-state index contributed by atoms with van der Waals surface area (Å²) in [5, 5.41) is 11.3. The molecule has 2 aromatic rings. The van der Waals surface area contributed by atoms with E-state index < -0.39 is 4.92 Å². The van der Waals surface area contributed by atoms with E-state index in [0.29, 0.717) is 10.8 Å². The summed E-state index contributed by atoms with van der Waals surface area (Å²) >= 11 is 11.9. The van der Waals surface area contributed by atoms with Gasteiger partial charge in [-0.2, -0.15) is 0 Å². The number of nitrogen functional groups attached to an aromatic ring is 1. The maximum atomic E-state index is 10.8. The Hall–Kier alpha value is -1.98. The average Bonchev–Trinajstić information content (AvgIpc) is 2.34. The number of hydrogen-bond acceptors (Lipinski definition) is 4. The molecule has 0 radical (unpaired) electrons. The van der Waals surface area contributed by atoms with Gasteiger partial charge >= 0.3 is 0 Å². The number of nitrogens with zero attached hydrogens (tertiary/aromatic N) is 1. The van der Waals surface area contributed by atoms with E-state index in [1.54, 1.807) is 24.3 Å². The fourth-order valence-electron chi connectivity index (χ4n) is 1.44. The highest BCUT2D eigenvalue weighted by Crippen LogP contribution is 2.38. The lowest BCUT2D eigenvalue weighted by molar-refractivity contribution is -0.383. The van der Waals surface area contributed by atoms with Crippen molar-refractivity contribution < 1.29 is 9.66 Å². The van der Waals surface area contributed by atoms with Gasteiger partial charge in [0.25, 0.3) is 5.69 Å². The van der Waals surface area contributed by atoms with Crippen LogP contribution < -0.4 is 10.5 Å². The van der Waals surface area contributed by atoms with Gasteiger partial charge < -0.3 is 10.5 Å². The van der Waals surface area contributed by atoms with E-state index in [2.05, 4.69) is 0 Å². The molecule has 0 unspecified atom stereocenters. The monoisotopic (exact) mass is 298 g/mol. The molecule has 0 heterocycles. The van der Waals surface area contributed by atoms with Crippen molar-refractivity contribution >= 4 is 34.6 Å². The first-order valence-corrected chi connectivity index (χ1v) is 5.90. The average molecular weight is 299 g/mol. The van der Waals surface area contributed by atoms with Crippen molar-refractivity contribution in [2.45, 2.75) is 0 Å². The number of hydrogen-bond donors (Lipinski definition) is 1. The largest absolute Gasteiger partial charge is 0.454 e. The Morgan fingerprint density at radius 2 is 1.79 bits per heavy atom. The summed E-state index contributed by atoms with van der Waals surface area (Å²) in [6.07, 6.45) is 0. The number of nitrogens with two attached hydrogens (primary N) is 1. The molecule has 19 heavy (non-hydrogen) atoms. The van der Waals surface area contributed by atoms with Crippen LogP contribution in [0.3, 0.4) is 0 Å². The van der Waals surface area contributed by atoms with Gasteiger partial charge in [-0.05, 0) is 18.2 Å². The van der Waals surface area contributed by atoms with Crippen LogP contribution in [0.1, 0.15) is 0 Å². The number of benzene rings is 2. The van der Waals surface area contributed by atoms with E-state index in [0.717, 1.165) is 0 Å². The number of halogens is 2. The van der Waals surface area contributed by atoms with Crippen LogP contribution in [0.4, 0.5) is 11.4 Å². The molecule has 0 aromatic heterocycles. The van der Waals surface area contributed by atoms with Gasteiger partial charge in [-0.25, -0.2) is 0 Å². The van der Waals surface area contributed by atoms with Gasteiger partial charge in [-0.1, -0.05) is 35.3 Å². The van der Waals surface area contributed by atoms with Gasteiger partial charge in [0.1, 0.15) is 11.4 Å². The Labute approximate surface area is 118 Å². The third kappa shape index (κ3) is 2.89. The molecular weight excluding hydrogens is 291 g/mol. The minimum atomic E-state index is -0.606. The first-order valence-electron chi connectivity index (χ1n) is 5.15. The van der Waals surface area contributed by atoms with Crippen molar-refractivity contribution in [1.29, 1.82) is 0 Å². The summed E-state index contributed by atoms with van der Waals surface area (Å²) in [6, 6.07) is 9.16. The number of ether oxygens (including phenoxy) is 1. The molecule has 0 bridgehead atoms. The van der Waals surface area contributed by atoms with Crippen LogP contribution in [-0.2, 0) is 0 Å². The van der Waals surface area contributed by atoms with E-state index in [-0.39, 0.29) is 22.1 Å². The topological polar surface area (TPSA) is 78.4 Å². The Bertz CT molecular complexity index is 647. The van der Waals surface area contributed by atoms with Gasteiger partial charge in [0.2, 0.25) is 0 Å². The van der Waals surface area contributed by atoms with Gasteiger partial charge in [0.05, 0.1) is 21.0 Å². The number of para-hydroxylation sites is 1. The molecule has 0 saturated heterocycles. The SMILES string of the molecule is Nc1cc(Cl)c(Oc2ccccc2Cl)cc1[N+](=O)[O-]. The van der Waals surface area contributed by atoms with Crippen LogP contribution in [-0.4, -0.2) is 4.92 Å². The van der Waals surface area contributed by atoms with Crippen molar-refractivity contribution in [1.82, 2.24) is 0 Å². The molecule has 0 saturated carbocycles. The minimum absolute atomic E-state index is 0.0264. The lowest BCUT2D eigenvalue weighted by Gasteiger charge is -2.09. The van der Waals surface area contributed by atoms with Gasteiger partial charge in [0, 0.05) is 0 Å². The fraction of sp³-hybridized carbons (Fsp3) is 0. The van der Waals surface area contributed by atoms with Crippen LogP contribution in [0.2, 0.25) is 10.0 Å². The molecule has 2 rings (SSSR count). The van der Waals surface area contributed by atoms with E-state index in [1.807, 2.05) is 0 Å². The molecule has 2 N–H and O–H groups in total. The van der Waals surface area contributed by atoms with Crippen molar-refractivity contribution in [2.24, 2.45) is 0 Å². The number of nitro groups is 1. The first-order chi connectivity index (χ1) is 8.99. The normalized spacial score (nSPS) is 10.2. The third-order valence-electron chi connectivity index (χ3n) is 2.33. The van der Waals surface area contributed by atoms with Crippen LogP contribution >= 0.6 is 23.2 Å². The molecule has 0 aliphatic heterocycles. The van der Waals surface area contributed by atoms with Crippen molar-refractivity contribution in [3.8, 4) is 11.5 Å². The van der Waals surface area contributed by atoms with Crippen molar-refractivity contribution in [3.63, 3.8) is 0 Å². The lowest BCUT2D eigenvalue weighted by atomic mass is 10.2. The molecular formula is C12H8Cl2N2O3. The molecule has 0 atom stereocenters. The molecule has 98 valence electrons. The second kappa shape index (κ2) is 5.34. The zero-order valence-electron chi connectivity index (χ0n) is 9.47. The number of anilines is 1. The second-order valence-electron chi connectivity index (χ2n) is 3.63. The molecule has 7 heteroatoms. The van der Waals surface area contributed by atoms with Gasteiger partial charge in [0.15, 0.2) is 5.75 Å². The summed E-state index contributed by atoms with van der Waals surface area (Å²) < 4.78 is 5.46. The zero-order chi connectivity index (χ0) is 14.0. The van der Waals surface area contributed by atoms with E-state index >= 15 is 0 Å². The minimum Gasteiger partial charge on any atom is -0.454 e. The van der Waals surface area contributed by atoms with E-state index in [1.165, 1.54) is 12.1 Å². The van der Waals surface area contributed by atoms with Gasteiger partial charge in [-0.3, -0.25) is 10.1 Å². The number of nitro benzene ring substituents is 1. The van der Waals surface area contributed by atoms with Crippen molar-refractivity contribution in [2.75, 3.05) is 5.73 Å². The zero-order valence-corrected chi connectivity index (χ0v) is 11.0. The maximum Gasteiger partial charge on any atom is 0.295 e. The van der Waals surface area contributed by atoms with Crippen LogP contribution in [0.5, 0.6) is 11.5 Å². The number of rotatable bonds is 3. The molecule has 0 spiro atoms. The lowest BCUT2D eigenvalue weighted by Crippen LogP contribution is -1.97. The smallest absolute Gasteiger partial charge is 0.295 e. The standard InChI is InChI=1S/C12H8Cl2N2O3/c13-7-3-1-2-4-11(7)19-12-6-10(16(17)18)9(15)5-8(12)14/h1-6H,15H2. The van der Waals surface area contributed by atoms with E-state index in [4.69, 9.17) is 33.7 Å². The summed E-state index contributed by atoms with van der Waals surface area (Å²) in [7, 11) is 0. The Morgan fingerprint density at radius 1 is 1.11 bits per heavy atom. The van der Waals surface area contributed by atoms with Crippen molar-refractivity contribution in [3.05, 3.63) is 56.6 Å². The highest BCUT2D eigenvalue weighted by molar-refractivity contribution is 6.33. The molecule has 0 aliphatic carbocycles. The molecule has 0 fully saturated rings. The molecule has 2 aromatic carbocycles. The van der Waals surface area contributed by atoms with E-state index in [9.17, 15) is 10.1 Å². The Morgan fingerprint density at radius 3 is 2.42 bits per heavy atom. The fourth-order valence-corrected chi connectivity index (χ4v) is 1.83. The summed E-state index contributed by atoms with van der Waals surface area (Å²) in [6.45, 7) is 0. The second-order valence-corrected chi connectivity index (χ2v) is 4.45. The van der Waals surface area contributed by atoms with Crippen LogP contribution in [0.25, 0.3) is 0 Å². The third-order valence-corrected chi connectivity index (χ3v) is 2.94. The van der Waals surface area contributed by atoms with Crippen LogP contribution in [0.15, 0.2) is 36.4 Å². The first kappa shape index (κ1) is 13.5. The maximum absolute atomic E-state index is 10.8. The highest BCUT2D eigenvalue weighted by Gasteiger charge is 2.17. The van der Waals surface area contributed by atoms with Crippen LogP contribution in [0, 0.1) is 10.1 Å². The predicted octanol–water partition coefficient (Wildman–Crippen LogP) is 4.28. The Kier molecular flexibility index (Phi) is 3.78. The predicted molar refractivity (Wildman–Crippen MR) is 74.0 cm³/mol. The Balaban J connectivity index is 2.43. The summed E-state index contributed by atoms with van der Waals surface area (Å²) in [4.78, 5) is 10.2. The molecule has 5 nitrogen and oxygen atoms in total. The molecule has 0 amide bonds. The quantitative estimate of drug-likeness (QED) is 0.521.